The first-order valence-electron chi connectivity index (χ1n) is 7.16. The number of aromatic nitrogens is 4. The highest BCUT2D eigenvalue weighted by molar-refractivity contribution is 7.98. The van der Waals surface area contributed by atoms with Gasteiger partial charge in [-0.15, -0.1) is 10.2 Å². The third kappa shape index (κ3) is 3.60. The molecule has 2 aromatic heterocycles. The zero-order chi connectivity index (χ0) is 16.9. The van der Waals surface area contributed by atoms with Crippen LogP contribution in [-0.4, -0.2) is 44.3 Å². The Morgan fingerprint density at radius 2 is 1.88 bits per heavy atom. The van der Waals surface area contributed by atoms with Crippen LogP contribution >= 0.6 is 11.8 Å². The summed E-state index contributed by atoms with van der Waals surface area (Å²) in [5, 5.41) is 8.63. The van der Waals surface area contributed by atoms with Gasteiger partial charge in [-0.25, -0.2) is 9.97 Å². The normalized spacial score (nSPS) is 10.6. The van der Waals surface area contributed by atoms with Gasteiger partial charge in [-0.05, 0) is 18.4 Å². The van der Waals surface area contributed by atoms with Gasteiger partial charge in [0.05, 0.1) is 12.1 Å². The van der Waals surface area contributed by atoms with E-state index in [0.717, 1.165) is 5.56 Å². The van der Waals surface area contributed by atoms with Crippen LogP contribution in [0.3, 0.4) is 0 Å². The highest BCUT2D eigenvalue weighted by Crippen LogP contribution is 2.18. The van der Waals surface area contributed by atoms with Crippen molar-refractivity contribution in [2.45, 2.75) is 11.7 Å². The van der Waals surface area contributed by atoms with Crippen molar-refractivity contribution in [1.82, 2.24) is 25.1 Å². The predicted octanol–water partition coefficient (Wildman–Crippen LogP) is 2.52. The van der Waals surface area contributed by atoms with Gasteiger partial charge in [-0.1, -0.05) is 30.0 Å². The number of carbonyl (C=O) groups excluding carboxylic acids is 1. The summed E-state index contributed by atoms with van der Waals surface area (Å²) in [5.41, 5.74) is 1.25. The largest absolute Gasteiger partial charge is 0.419 e. The van der Waals surface area contributed by atoms with Gasteiger partial charge in [0.1, 0.15) is 0 Å². The first-order chi connectivity index (χ1) is 11.7. The molecule has 0 aliphatic carbocycles. The van der Waals surface area contributed by atoms with E-state index in [1.807, 2.05) is 36.6 Å². The molecule has 122 valence electrons. The van der Waals surface area contributed by atoms with E-state index in [2.05, 4.69) is 20.2 Å². The third-order valence-corrected chi connectivity index (χ3v) is 3.84. The third-order valence-electron chi connectivity index (χ3n) is 3.26. The molecule has 1 aromatic carbocycles. The van der Waals surface area contributed by atoms with Crippen molar-refractivity contribution in [1.29, 1.82) is 0 Å². The maximum atomic E-state index is 12.4. The number of hydrogen-bond acceptors (Lipinski definition) is 7. The van der Waals surface area contributed by atoms with E-state index in [4.69, 9.17) is 4.42 Å². The summed E-state index contributed by atoms with van der Waals surface area (Å²) in [4.78, 5) is 22.1. The van der Waals surface area contributed by atoms with Gasteiger partial charge >= 0.3 is 0 Å². The number of thioether (sulfide) groups is 1. The van der Waals surface area contributed by atoms with Gasteiger partial charge in [0, 0.05) is 25.0 Å². The molecule has 2 heterocycles. The summed E-state index contributed by atoms with van der Waals surface area (Å²) in [6.07, 6.45) is 4.91. The first-order valence-corrected chi connectivity index (χ1v) is 8.39. The van der Waals surface area contributed by atoms with Crippen LogP contribution in [-0.2, 0) is 6.54 Å². The molecule has 0 atom stereocenters. The quantitative estimate of drug-likeness (QED) is 0.520. The van der Waals surface area contributed by atoms with Crippen molar-refractivity contribution in [3.05, 3.63) is 54.2 Å². The molecule has 0 unspecified atom stereocenters. The SMILES string of the molecule is CSc1ncc(C(=O)N(C)Cc2nnc(-c3ccccc3)o2)cn1. The number of carbonyl (C=O) groups is 1. The highest BCUT2D eigenvalue weighted by Gasteiger charge is 2.16. The van der Waals surface area contributed by atoms with Gasteiger partial charge in [-0.2, -0.15) is 0 Å². The Hall–Kier alpha value is -2.74. The van der Waals surface area contributed by atoms with Crippen LogP contribution in [0, 0.1) is 0 Å². The van der Waals surface area contributed by atoms with E-state index < -0.39 is 0 Å². The fourth-order valence-electron chi connectivity index (χ4n) is 2.04. The molecule has 8 heteroatoms. The minimum absolute atomic E-state index is 0.206. The standard InChI is InChI=1S/C16H15N5O2S/c1-21(15(22)12-8-17-16(24-2)18-9-12)10-13-19-20-14(23-13)11-6-4-3-5-7-11/h3-9H,10H2,1-2H3. The lowest BCUT2D eigenvalue weighted by Crippen LogP contribution is -2.26. The maximum absolute atomic E-state index is 12.4. The maximum Gasteiger partial charge on any atom is 0.257 e. The van der Waals surface area contributed by atoms with E-state index in [9.17, 15) is 4.79 Å². The molecular formula is C16H15N5O2S. The lowest BCUT2D eigenvalue weighted by molar-refractivity contribution is 0.0772. The van der Waals surface area contributed by atoms with Crippen LogP contribution in [0.5, 0.6) is 0 Å². The molecule has 3 rings (SSSR count). The summed E-state index contributed by atoms with van der Waals surface area (Å²) >= 11 is 1.42. The number of rotatable bonds is 5. The average molecular weight is 341 g/mol. The number of amides is 1. The lowest BCUT2D eigenvalue weighted by Gasteiger charge is -2.14. The van der Waals surface area contributed by atoms with Crippen LogP contribution in [0.4, 0.5) is 0 Å². The summed E-state index contributed by atoms with van der Waals surface area (Å²) in [6.45, 7) is 0.211. The van der Waals surface area contributed by atoms with Gasteiger partial charge in [0.2, 0.25) is 11.8 Å². The molecule has 1 amide bonds. The molecule has 3 aromatic rings. The molecular weight excluding hydrogens is 326 g/mol. The van der Waals surface area contributed by atoms with Crippen molar-refractivity contribution in [3.63, 3.8) is 0 Å². The molecule has 0 bridgehead atoms. The smallest absolute Gasteiger partial charge is 0.257 e. The van der Waals surface area contributed by atoms with Crippen molar-refractivity contribution < 1.29 is 9.21 Å². The fraction of sp³-hybridized carbons (Fsp3) is 0.188. The van der Waals surface area contributed by atoms with E-state index in [-0.39, 0.29) is 12.5 Å². The Bertz CT molecular complexity index is 820. The summed E-state index contributed by atoms with van der Waals surface area (Å²) in [7, 11) is 1.66. The summed E-state index contributed by atoms with van der Waals surface area (Å²) < 4.78 is 5.61. The molecule has 0 saturated heterocycles. The van der Waals surface area contributed by atoms with Crippen LogP contribution in [0.1, 0.15) is 16.2 Å². The van der Waals surface area contributed by atoms with E-state index in [0.29, 0.717) is 22.5 Å². The summed E-state index contributed by atoms with van der Waals surface area (Å²) in [6, 6.07) is 9.48. The molecule has 0 saturated carbocycles. The van der Waals surface area contributed by atoms with Gasteiger partial charge < -0.3 is 9.32 Å². The van der Waals surface area contributed by atoms with Gasteiger partial charge in [0.15, 0.2) is 5.16 Å². The topological polar surface area (TPSA) is 85.0 Å². The van der Waals surface area contributed by atoms with Crippen LogP contribution < -0.4 is 0 Å². The lowest BCUT2D eigenvalue weighted by atomic mass is 10.2. The molecule has 0 radical (unpaired) electrons. The number of hydrogen-bond donors (Lipinski definition) is 0. The highest BCUT2D eigenvalue weighted by atomic mass is 32.2. The van der Waals surface area contributed by atoms with Gasteiger partial charge in [0.25, 0.3) is 5.91 Å². The molecule has 0 spiro atoms. The molecule has 0 fully saturated rings. The molecule has 7 nitrogen and oxygen atoms in total. The van der Waals surface area contributed by atoms with Crippen molar-refractivity contribution in [2.24, 2.45) is 0 Å². The Balaban J connectivity index is 1.69. The Morgan fingerprint density at radius 1 is 1.17 bits per heavy atom. The van der Waals surface area contributed by atoms with Crippen LogP contribution in [0.25, 0.3) is 11.5 Å². The number of nitrogens with zero attached hydrogens (tertiary/aromatic N) is 5. The predicted molar refractivity (Wildman–Crippen MR) is 89.3 cm³/mol. The van der Waals surface area contributed by atoms with E-state index in [1.165, 1.54) is 29.1 Å². The van der Waals surface area contributed by atoms with Crippen molar-refractivity contribution in [3.8, 4) is 11.5 Å². The van der Waals surface area contributed by atoms with Crippen LogP contribution in [0.2, 0.25) is 0 Å². The van der Waals surface area contributed by atoms with E-state index in [1.54, 1.807) is 7.05 Å². The zero-order valence-electron chi connectivity index (χ0n) is 13.2. The minimum atomic E-state index is -0.206. The second-order valence-electron chi connectivity index (χ2n) is 4.99. The van der Waals surface area contributed by atoms with Crippen LogP contribution in [0.15, 0.2) is 52.3 Å². The zero-order valence-corrected chi connectivity index (χ0v) is 14.0. The van der Waals surface area contributed by atoms with Crippen molar-refractivity contribution >= 4 is 17.7 Å². The second-order valence-corrected chi connectivity index (χ2v) is 5.76. The average Bonchev–Trinajstić information content (AvgIpc) is 3.10. The Labute approximate surface area is 143 Å². The molecule has 0 N–H and O–H groups in total. The van der Waals surface area contributed by atoms with Crippen molar-refractivity contribution in [2.75, 3.05) is 13.3 Å². The summed E-state index contributed by atoms with van der Waals surface area (Å²) in [5.74, 6) is 0.590. The minimum Gasteiger partial charge on any atom is -0.419 e. The Kier molecular flexibility index (Phi) is 4.85. The molecule has 24 heavy (non-hydrogen) atoms. The monoisotopic (exact) mass is 341 g/mol. The second kappa shape index (κ2) is 7.22. The molecule has 0 aliphatic rings. The molecule has 0 aliphatic heterocycles. The first kappa shape index (κ1) is 16.1. The van der Waals surface area contributed by atoms with Gasteiger partial charge in [-0.3, -0.25) is 4.79 Å². The number of benzene rings is 1. The Morgan fingerprint density at radius 3 is 2.54 bits per heavy atom. The van der Waals surface area contributed by atoms with E-state index >= 15 is 0 Å². The fourth-order valence-corrected chi connectivity index (χ4v) is 2.36.